The molecule has 0 aliphatic rings. The number of H-pyrrole nitrogens is 1. The lowest BCUT2D eigenvalue weighted by Gasteiger charge is -2.12. The van der Waals surface area contributed by atoms with E-state index in [4.69, 9.17) is 9.47 Å². The number of hydrogen-bond donors (Lipinski definition) is 2. The second-order valence-corrected chi connectivity index (χ2v) is 8.06. The van der Waals surface area contributed by atoms with E-state index in [0.717, 1.165) is 11.3 Å². The predicted octanol–water partition coefficient (Wildman–Crippen LogP) is 3.89. The van der Waals surface area contributed by atoms with Crippen LogP contribution in [0.3, 0.4) is 0 Å². The van der Waals surface area contributed by atoms with E-state index < -0.39 is 28.9 Å². The maximum atomic E-state index is 12.6. The van der Waals surface area contributed by atoms with Gasteiger partial charge in [-0.1, -0.05) is 19.1 Å². The molecule has 1 unspecified atom stereocenters. The number of aromatic nitrogens is 2. The molecule has 0 fully saturated rings. The lowest BCUT2D eigenvalue weighted by atomic mass is 10.1. The number of thiazole rings is 1. The Balaban J connectivity index is 1.69. The van der Waals surface area contributed by atoms with Gasteiger partial charge in [0.1, 0.15) is 5.69 Å². The number of carbonyl (C=O) groups is 3. The summed E-state index contributed by atoms with van der Waals surface area (Å²) in [4.78, 5) is 54.9. The average molecular weight is 487 g/mol. The Kier molecular flexibility index (Phi) is 7.41. The van der Waals surface area contributed by atoms with Crippen molar-refractivity contribution in [3.63, 3.8) is 0 Å². The van der Waals surface area contributed by atoms with Crippen molar-refractivity contribution in [2.45, 2.75) is 33.3 Å². The second-order valence-electron chi connectivity index (χ2n) is 7.21. The number of amides is 1. The molecule has 1 atom stereocenters. The number of nitro groups is 1. The Morgan fingerprint density at radius 1 is 1.29 bits per heavy atom. The van der Waals surface area contributed by atoms with E-state index in [2.05, 4.69) is 15.3 Å². The molecule has 0 spiro atoms. The molecule has 12 heteroatoms. The fraction of sp³-hybridized carbons (Fsp3) is 0.273. The lowest BCUT2D eigenvalue weighted by Crippen LogP contribution is -2.30. The largest absolute Gasteiger partial charge is 0.465 e. The highest BCUT2D eigenvalue weighted by Gasteiger charge is 2.27. The van der Waals surface area contributed by atoms with Gasteiger partial charge in [-0.3, -0.25) is 20.2 Å². The van der Waals surface area contributed by atoms with E-state index in [1.54, 1.807) is 24.4 Å². The summed E-state index contributed by atoms with van der Waals surface area (Å²) in [6, 6.07) is 5.98. The normalized spacial score (nSPS) is 11.5. The van der Waals surface area contributed by atoms with Gasteiger partial charge in [0.05, 0.1) is 23.3 Å². The highest BCUT2D eigenvalue weighted by molar-refractivity contribution is 7.14. The van der Waals surface area contributed by atoms with Crippen LogP contribution < -0.4 is 5.32 Å². The van der Waals surface area contributed by atoms with E-state index in [1.165, 1.54) is 26.2 Å². The van der Waals surface area contributed by atoms with Crippen LogP contribution in [-0.2, 0) is 20.7 Å². The Morgan fingerprint density at radius 3 is 2.68 bits per heavy atom. The first-order chi connectivity index (χ1) is 16.2. The molecular formula is C22H22N4O7S. The van der Waals surface area contributed by atoms with Crippen molar-refractivity contribution in [2.24, 2.45) is 0 Å². The Hall–Kier alpha value is -4.06. The number of methoxy groups -OCH3 is 1. The fourth-order valence-corrected chi connectivity index (χ4v) is 3.95. The van der Waals surface area contributed by atoms with Gasteiger partial charge in [0.15, 0.2) is 11.2 Å². The first-order valence-electron chi connectivity index (χ1n) is 10.2. The van der Waals surface area contributed by atoms with Crippen molar-refractivity contribution in [1.82, 2.24) is 9.97 Å². The molecule has 1 amide bonds. The highest BCUT2D eigenvalue weighted by atomic mass is 32.1. The number of non-ortho nitro benzene ring substituents is 1. The summed E-state index contributed by atoms with van der Waals surface area (Å²) in [5, 5.41) is 15.4. The van der Waals surface area contributed by atoms with Gasteiger partial charge in [-0.2, -0.15) is 0 Å². The number of nitro benzene ring substituents is 1. The Morgan fingerprint density at radius 2 is 2.03 bits per heavy atom. The number of nitrogens with one attached hydrogen (secondary N) is 2. The summed E-state index contributed by atoms with van der Waals surface area (Å²) < 4.78 is 10.1. The summed E-state index contributed by atoms with van der Waals surface area (Å²) in [5.41, 5.74) is 2.16. The quantitative estimate of drug-likeness (QED) is 0.276. The van der Waals surface area contributed by atoms with Crippen molar-refractivity contribution in [3.05, 3.63) is 62.3 Å². The fourth-order valence-electron chi connectivity index (χ4n) is 3.23. The van der Waals surface area contributed by atoms with Crippen LogP contribution in [0.4, 0.5) is 10.8 Å². The third-order valence-electron chi connectivity index (χ3n) is 5.01. The van der Waals surface area contributed by atoms with E-state index in [1.807, 2.05) is 6.92 Å². The second kappa shape index (κ2) is 10.3. The number of anilines is 1. The molecule has 2 aromatic heterocycles. The number of ether oxygens (including phenoxy) is 2. The first-order valence-corrected chi connectivity index (χ1v) is 11.1. The van der Waals surface area contributed by atoms with Gasteiger partial charge >= 0.3 is 11.9 Å². The van der Waals surface area contributed by atoms with Crippen LogP contribution in [0, 0.1) is 17.0 Å². The Labute approximate surface area is 198 Å². The van der Waals surface area contributed by atoms with Crippen LogP contribution in [0.1, 0.15) is 46.0 Å². The number of esters is 2. The first kappa shape index (κ1) is 24.6. The number of rotatable bonds is 8. The number of benzene rings is 1. The number of nitrogens with zero attached hydrogens (tertiary/aromatic N) is 2. The van der Waals surface area contributed by atoms with E-state index in [0.29, 0.717) is 28.9 Å². The van der Waals surface area contributed by atoms with Crippen molar-refractivity contribution in [1.29, 1.82) is 0 Å². The molecule has 0 saturated carbocycles. The molecule has 0 aliphatic carbocycles. The smallest absolute Gasteiger partial charge is 0.355 e. The minimum absolute atomic E-state index is 0.0686. The van der Waals surface area contributed by atoms with Gasteiger partial charge < -0.3 is 14.5 Å². The molecule has 3 aromatic rings. The zero-order chi connectivity index (χ0) is 25.0. The molecule has 34 heavy (non-hydrogen) atoms. The zero-order valence-electron chi connectivity index (χ0n) is 18.8. The van der Waals surface area contributed by atoms with Gasteiger partial charge in [0.25, 0.3) is 11.6 Å². The third kappa shape index (κ3) is 5.12. The maximum absolute atomic E-state index is 12.6. The molecular weight excluding hydrogens is 464 g/mol. The number of hydrogen-bond acceptors (Lipinski definition) is 9. The molecule has 0 aliphatic heterocycles. The predicted molar refractivity (Wildman–Crippen MR) is 124 cm³/mol. The van der Waals surface area contributed by atoms with Crippen LogP contribution in [-0.4, -0.2) is 46.0 Å². The lowest BCUT2D eigenvalue weighted by molar-refractivity contribution is -0.384. The van der Waals surface area contributed by atoms with E-state index >= 15 is 0 Å². The standard InChI is InChI=1S/C22H22N4O7S/c1-5-15-17(20(28)32-4)11(2)18(23-15)21(29)33-12(3)19(27)25-22-24-16(10-34-22)13-7-6-8-14(9-13)26(30)31/h6-10,12,23H,5H2,1-4H3,(H,24,25,27). The van der Waals surface area contributed by atoms with Gasteiger partial charge in [0.2, 0.25) is 0 Å². The minimum Gasteiger partial charge on any atom is -0.465 e. The maximum Gasteiger partial charge on any atom is 0.355 e. The van der Waals surface area contributed by atoms with Crippen molar-refractivity contribution in [2.75, 3.05) is 12.4 Å². The molecule has 2 N–H and O–H groups in total. The highest BCUT2D eigenvalue weighted by Crippen LogP contribution is 2.28. The van der Waals surface area contributed by atoms with E-state index in [-0.39, 0.29) is 22.1 Å². The molecule has 0 bridgehead atoms. The van der Waals surface area contributed by atoms with Crippen molar-refractivity contribution in [3.8, 4) is 11.3 Å². The van der Waals surface area contributed by atoms with Gasteiger partial charge in [0, 0.05) is 28.8 Å². The summed E-state index contributed by atoms with van der Waals surface area (Å²) in [6.45, 7) is 4.82. The van der Waals surface area contributed by atoms with Gasteiger partial charge in [-0.15, -0.1) is 11.3 Å². The number of carbonyl (C=O) groups excluding carboxylic acids is 3. The molecule has 1 aromatic carbocycles. The minimum atomic E-state index is -1.16. The van der Waals surface area contributed by atoms with Crippen LogP contribution in [0.15, 0.2) is 29.6 Å². The topological polar surface area (TPSA) is 154 Å². The van der Waals surface area contributed by atoms with Crippen LogP contribution >= 0.6 is 11.3 Å². The van der Waals surface area contributed by atoms with Crippen LogP contribution in [0.5, 0.6) is 0 Å². The number of aryl methyl sites for hydroxylation is 1. The average Bonchev–Trinajstić information content (AvgIpc) is 3.42. The van der Waals surface area contributed by atoms with Crippen LogP contribution in [0.25, 0.3) is 11.3 Å². The number of aromatic amines is 1. The SMILES string of the molecule is CCc1[nH]c(C(=O)OC(C)C(=O)Nc2nc(-c3cccc([N+](=O)[O-])c3)cs2)c(C)c1C(=O)OC. The summed E-state index contributed by atoms with van der Waals surface area (Å²) in [6.07, 6.45) is -0.696. The molecule has 11 nitrogen and oxygen atoms in total. The molecule has 3 rings (SSSR count). The van der Waals surface area contributed by atoms with E-state index in [9.17, 15) is 24.5 Å². The third-order valence-corrected chi connectivity index (χ3v) is 5.77. The van der Waals surface area contributed by atoms with Crippen LogP contribution in [0.2, 0.25) is 0 Å². The van der Waals surface area contributed by atoms with Gasteiger partial charge in [-0.25, -0.2) is 14.6 Å². The molecule has 0 saturated heterocycles. The summed E-state index contributed by atoms with van der Waals surface area (Å²) in [5.74, 6) is -1.97. The molecule has 2 heterocycles. The molecule has 0 radical (unpaired) electrons. The Bertz CT molecular complexity index is 1260. The van der Waals surface area contributed by atoms with Gasteiger partial charge in [-0.05, 0) is 25.8 Å². The monoisotopic (exact) mass is 486 g/mol. The summed E-state index contributed by atoms with van der Waals surface area (Å²) in [7, 11) is 1.25. The molecule has 178 valence electrons. The zero-order valence-corrected chi connectivity index (χ0v) is 19.6. The van der Waals surface area contributed by atoms with Crippen molar-refractivity contribution >= 4 is 40.0 Å². The van der Waals surface area contributed by atoms with Crippen molar-refractivity contribution < 1.29 is 28.8 Å². The summed E-state index contributed by atoms with van der Waals surface area (Å²) >= 11 is 1.13.